The Hall–Kier alpha value is -2.52. The molecule has 2 aliphatic heterocycles. The number of nitrogens with one attached hydrogen (secondary N) is 2. The van der Waals surface area contributed by atoms with Gasteiger partial charge in [0, 0.05) is 37.2 Å². The summed E-state index contributed by atoms with van der Waals surface area (Å²) in [6, 6.07) is 7.20. The molecule has 2 aliphatic rings. The molecule has 2 aromatic rings. The molecule has 29 heavy (non-hydrogen) atoms. The summed E-state index contributed by atoms with van der Waals surface area (Å²) in [6.07, 6.45) is 2.76. The zero-order chi connectivity index (χ0) is 20.6. The molecule has 1 aromatic carbocycles. The lowest BCUT2D eigenvalue weighted by atomic mass is 10.1. The summed E-state index contributed by atoms with van der Waals surface area (Å²) in [5, 5.41) is 2.87. The first-order chi connectivity index (χ1) is 13.8. The first-order valence-corrected chi connectivity index (χ1v) is 11.6. The second kappa shape index (κ2) is 7.72. The van der Waals surface area contributed by atoms with Crippen molar-refractivity contribution in [1.82, 2.24) is 9.88 Å². The quantitative estimate of drug-likeness (QED) is 0.774. The summed E-state index contributed by atoms with van der Waals surface area (Å²) < 4.78 is 39.6. The number of ether oxygens (including phenoxy) is 2. The van der Waals surface area contributed by atoms with Crippen LogP contribution < -0.4 is 14.8 Å². The Bertz CT molecular complexity index is 1040. The molecular weight excluding hydrogens is 394 g/mol. The van der Waals surface area contributed by atoms with Gasteiger partial charge < -0.3 is 19.4 Å². The maximum Gasteiger partial charge on any atom is 0.268 e. The minimum absolute atomic E-state index is 0.0383. The van der Waals surface area contributed by atoms with Crippen LogP contribution in [0.2, 0.25) is 0 Å². The molecule has 9 heteroatoms. The topological polar surface area (TPSA) is 98.7 Å². The number of amides is 1. The highest BCUT2D eigenvalue weighted by atomic mass is 32.2. The van der Waals surface area contributed by atoms with E-state index >= 15 is 0 Å². The van der Waals surface area contributed by atoms with Crippen molar-refractivity contribution >= 4 is 21.6 Å². The summed E-state index contributed by atoms with van der Waals surface area (Å²) in [6.45, 7) is 4.41. The van der Waals surface area contributed by atoms with Crippen LogP contribution in [0.3, 0.4) is 0 Å². The normalized spacial score (nSPS) is 17.5. The van der Waals surface area contributed by atoms with Gasteiger partial charge in [0.15, 0.2) is 0 Å². The molecule has 4 rings (SSSR count). The number of fused-ring (bicyclic) bond motifs is 1. The van der Waals surface area contributed by atoms with E-state index in [1.54, 1.807) is 18.2 Å². The number of hydrogen-bond donors (Lipinski definition) is 2. The van der Waals surface area contributed by atoms with Crippen molar-refractivity contribution in [2.45, 2.75) is 32.4 Å². The summed E-state index contributed by atoms with van der Waals surface area (Å²) in [7, 11) is -3.42. The van der Waals surface area contributed by atoms with Crippen molar-refractivity contribution in [2.75, 3.05) is 30.7 Å². The molecule has 1 saturated heterocycles. The van der Waals surface area contributed by atoms with Gasteiger partial charge in [0.2, 0.25) is 10.0 Å². The number of hydrogen-bond acceptors (Lipinski definition) is 5. The van der Waals surface area contributed by atoms with Crippen molar-refractivity contribution in [3.05, 3.63) is 35.5 Å². The molecule has 0 spiro atoms. The number of rotatable bonds is 5. The maximum atomic E-state index is 12.3. The molecule has 8 nitrogen and oxygen atoms in total. The number of benzene rings is 1. The van der Waals surface area contributed by atoms with E-state index in [2.05, 4.69) is 10.0 Å². The van der Waals surface area contributed by atoms with Crippen LogP contribution in [-0.4, -0.2) is 51.0 Å². The van der Waals surface area contributed by atoms with Crippen molar-refractivity contribution in [3.8, 4) is 17.0 Å². The van der Waals surface area contributed by atoms with E-state index in [-0.39, 0.29) is 12.0 Å². The maximum absolute atomic E-state index is 12.3. The van der Waals surface area contributed by atoms with Gasteiger partial charge in [-0.05, 0) is 36.8 Å². The van der Waals surface area contributed by atoms with Crippen LogP contribution >= 0.6 is 0 Å². The highest BCUT2D eigenvalue weighted by Gasteiger charge is 2.26. The second-order valence-corrected chi connectivity index (χ2v) is 9.23. The molecule has 0 radical (unpaired) electrons. The lowest BCUT2D eigenvalue weighted by molar-refractivity contribution is 0.0258. The monoisotopic (exact) mass is 419 g/mol. The predicted octanol–water partition coefficient (Wildman–Crippen LogP) is 2.14. The van der Waals surface area contributed by atoms with Crippen molar-refractivity contribution in [3.63, 3.8) is 0 Å². The lowest BCUT2D eigenvalue weighted by Gasteiger charge is -2.26. The fourth-order valence-electron chi connectivity index (χ4n) is 3.89. The summed E-state index contributed by atoms with van der Waals surface area (Å²) >= 11 is 0. The number of carbonyl (C=O) groups is 1. The van der Waals surface area contributed by atoms with Crippen LogP contribution in [-0.2, 0) is 21.3 Å². The van der Waals surface area contributed by atoms with E-state index in [9.17, 15) is 13.2 Å². The van der Waals surface area contributed by atoms with Crippen LogP contribution in [0.5, 0.6) is 5.75 Å². The Morgan fingerprint density at radius 3 is 2.72 bits per heavy atom. The molecule has 3 heterocycles. The SMILES string of the molecule is Cc1cc(-c2cc(NS(C)(=O)=O)ccc2OC2CCOCC2)n2c1C(=O)NCC2. The van der Waals surface area contributed by atoms with Gasteiger partial charge in [-0.15, -0.1) is 0 Å². The largest absolute Gasteiger partial charge is 0.490 e. The van der Waals surface area contributed by atoms with Crippen molar-refractivity contribution in [1.29, 1.82) is 0 Å². The van der Waals surface area contributed by atoms with Gasteiger partial charge in [-0.25, -0.2) is 8.42 Å². The molecule has 156 valence electrons. The first-order valence-electron chi connectivity index (χ1n) is 9.67. The van der Waals surface area contributed by atoms with E-state index in [1.807, 2.05) is 17.6 Å². The molecular formula is C20H25N3O5S. The van der Waals surface area contributed by atoms with Crippen LogP contribution in [0.1, 0.15) is 28.9 Å². The fourth-order valence-corrected chi connectivity index (χ4v) is 4.45. The summed E-state index contributed by atoms with van der Waals surface area (Å²) in [4.78, 5) is 12.3. The highest BCUT2D eigenvalue weighted by Crippen LogP contribution is 2.37. The zero-order valence-corrected chi connectivity index (χ0v) is 17.3. The molecule has 0 aliphatic carbocycles. The number of carbonyl (C=O) groups excluding carboxylic acids is 1. The third-order valence-electron chi connectivity index (χ3n) is 5.14. The van der Waals surface area contributed by atoms with Gasteiger partial charge in [-0.2, -0.15) is 0 Å². The highest BCUT2D eigenvalue weighted by molar-refractivity contribution is 7.92. The van der Waals surface area contributed by atoms with Gasteiger partial charge in [-0.1, -0.05) is 0 Å². The Morgan fingerprint density at radius 1 is 1.24 bits per heavy atom. The third kappa shape index (κ3) is 4.25. The van der Waals surface area contributed by atoms with Crippen LogP contribution in [0.15, 0.2) is 24.3 Å². The summed E-state index contributed by atoms with van der Waals surface area (Å²) in [5.74, 6) is 0.569. The third-order valence-corrected chi connectivity index (χ3v) is 5.75. The van der Waals surface area contributed by atoms with Gasteiger partial charge in [0.25, 0.3) is 5.91 Å². The standard InChI is InChI=1S/C20H25N3O5S/c1-13-11-17(23-8-7-21-20(24)19(13)23)16-12-14(22-29(2,25)26)3-4-18(16)28-15-5-9-27-10-6-15/h3-4,11-12,15,22H,5-10H2,1-2H3,(H,21,24). The number of aromatic nitrogens is 1. The summed E-state index contributed by atoms with van der Waals surface area (Å²) in [5.41, 5.74) is 3.55. The van der Waals surface area contributed by atoms with Crippen LogP contribution in [0.25, 0.3) is 11.3 Å². The van der Waals surface area contributed by atoms with E-state index < -0.39 is 10.0 Å². The smallest absolute Gasteiger partial charge is 0.268 e. The minimum Gasteiger partial charge on any atom is -0.490 e. The fraction of sp³-hybridized carbons (Fsp3) is 0.450. The molecule has 0 atom stereocenters. The van der Waals surface area contributed by atoms with E-state index in [0.29, 0.717) is 43.4 Å². The minimum atomic E-state index is -3.42. The van der Waals surface area contributed by atoms with Crippen molar-refractivity contribution in [2.24, 2.45) is 0 Å². The van der Waals surface area contributed by atoms with Gasteiger partial charge >= 0.3 is 0 Å². The second-order valence-electron chi connectivity index (χ2n) is 7.48. The Labute approximate surface area is 170 Å². The molecule has 0 bridgehead atoms. The van der Waals surface area contributed by atoms with Gasteiger partial charge in [-0.3, -0.25) is 9.52 Å². The zero-order valence-electron chi connectivity index (χ0n) is 16.5. The molecule has 1 fully saturated rings. The Kier molecular flexibility index (Phi) is 5.26. The predicted molar refractivity (Wildman–Crippen MR) is 110 cm³/mol. The molecule has 0 saturated carbocycles. The average molecular weight is 420 g/mol. The first kappa shape index (κ1) is 19.8. The average Bonchev–Trinajstić information content (AvgIpc) is 3.00. The number of sulfonamides is 1. The van der Waals surface area contributed by atoms with E-state index in [0.717, 1.165) is 35.9 Å². The van der Waals surface area contributed by atoms with Gasteiger partial charge in [0.1, 0.15) is 17.5 Å². The molecule has 2 N–H and O–H groups in total. The lowest BCUT2D eigenvalue weighted by Crippen LogP contribution is -2.35. The van der Waals surface area contributed by atoms with E-state index in [1.165, 1.54) is 0 Å². The van der Waals surface area contributed by atoms with E-state index in [4.69, 9.17) is 9.47 Å². The number of aryl methyl sites for hydroxylation is 1. The Morgan fingerprint density at radius 2 is 2.00 bits per heavy atom. The number of nitrogens with zero attached hydrogens (tertiary/aromatic N) is 1. The molecule has 0 unspecified atom stereocenters. The van der Waals surface area contributed by atoms with Crippen LogP contribution in [0.4, 0.5) is 5.69 Å². The van der Waals surface area contributed by atoms with Gasteiger partial charge in [0.05, 0.1) is 25.2 Å². The Balaban J connectivity index is 1.79. The van der Waals surface area contributed by atoms with Crippen molar-refractivity contribution < 1.29 is 22.7 Å². The molecule has 1 amide bonds. The number of anilines is 1. The van der Waals surface area contributed by atoms with Crippen LogP contribution in [0, 0.1) is 6.92 Å². The molecule has 1 aromatic heterocycles.